The maximum atomic E-state index is 6.20. The molecule has 19 heavy (non-hydrogen) atoms. The largest absolute Gasteiger partial charge is 0.324 e. The van der Waals surface area contributed by atoms with E-state index in [2.05, 4.69) is 72.8 Å². The van der Waals surface area contributed by atoms with Crippen LogP contribution in [0, 0.1) is 0 Å². The van der Waals surface area contributed by atoms with Gasteiger partial charge in [-0.15, -0.1) is 0 Å². The van der Waals surface area contributed by atoms with Crippen LogP contribution in [0.2, 0.25) is 0 Å². The quantitative estimate of drug-likeness (QED) is 0.808. The number of rotatable bonds is 2. The second-order valence-corrected chi connectivity index (χ2v) is 5.31. The van der Waals surface area contributed by atoms with Crippen LogP contribution >= 0.6 is 0 Å². The topological polar surface area (TPSA) is 26.0 Å². The smallest absolute Gasteiger partial charge is 0.0255 e. The number of hydrogen-bond acceptors (Lipinski definition) is 1. The van der Waals surface area contributed by atoms with Crippen LogP contribution in [0.4, 0.5) is 0 Å². The van der Waals surface area contributed by atoms with E-state index in [-0.39, 0.29) is 11.5 Å². The average Bonchev–Trinajstić information content (AvgIpc) is 2.49. The highest BCUT2D eigenvalue weighted by Crippen LogP contribution is 2.42. The number of nitrogens with two attached hydrogens (primary N) is 1. The molecule has 0 radical (unpaired) electrons. The zero-order chi connectivity index (χ0) is 13.1. The number of benzene rings is 2. The SMILES string of the molecule is NC1C=CCC(c2ccccc2)(c2ccccc2)C1. The predicted octanol–water partition coefficient (Wildman–Crippen LogP) is 3.65. The molecule has 0 aliphatic heterocycles. The van der Waals surface area contributed by atoms with Gasteiger partial charge in [0.25, 0.3) is 0 Å². The van der Waals surface area contributed by atoms with Crippen molar-refractivity contribution in [2.24, 2.45) is 5.73 Å². The summed E-state index contributed by atoms with van der Waals surface area (Å²) in [6.07, 6.45) is 6.35. The highest BCUT2D eigenvalue weighted by atomic mass is 14.6. The first-order valence-corrected chi connectivity index (χ1v) is 6.84. The van der Waals surface area contributed by atoms with E-state index in [1.165, 1.54) is 11.1 Å². The molecule has 1 aliphatic carbocycles. The Bertz CT molecular complexity index is 517. The first-order valence-electron chi connectivity index (χ1n) is 6.84. The van der Waals surface area contributed by atoms with E-state index >= 15 is 0 Å². The van der Waals surface area contributed by atoms with Gasteiger partial charge in [0, 0.05) is 11.5 Å². The summed E-state index contributed by atoms with van der Waals surface area (Å²) in [4.78, 5) is 0. The molecule has 2 aromatic carbocycles. The van der Waals surface area contributed by atoms with Gasteiger partial charge in [0.15, 0.2) is 0 Å². The van der Waals surface area contributed by atoms with Crippen molar-refractivity contribution in [2.45, 2.75) is 24.3 Å². The summed E-state index contributed by atoms with van der Waals surface area (Å²) >= 11 is 0. The van der Waals surface area contributed by atoms with Crippen molar-refractivity contribution in [1.29, 1.82) is 0 Å². The molecule has 0 saturated carbocycles. The molecule has 2 N–H and O–H groups in total. The Labute approximate surface area is 114 Å². The maximum Gasteiger partial charge on any atom is 0.0255 e. The molecule has 0 heterocycles. The Morgan fingerprint density at radius 3 is 1.84 bits per heavy atom. The van der Waals surface area contributed by atoms with Gasteiger partial charge in [-0.1, -0.05) is 72.8 Å². The molecule has 1 atom stereocenters. The third-order valence-corrected chi connectivity index (χ3v) is 4.09. The summed E-state index contributed by atoms with van der Waals surface area (Å²) < 4.78 is 0. The van der Waals surface area contributed by atoms with E-state index in [1.54, 1.807) is 0 Å². The van der Waals surface area contributed by atoms with E-state index < -0.39 is 0 Å². The number of allylic oxidation sites excluding steroid dienone is 1. The fourth-order valence-electron chi connectivity index (χ4n) is 3.15. The van der Waals surface area contributed by atoms with Crippen molar-refractivity contribution >= 4 is 0 Å². The lowest BCUT2D eigenvalue weighted by Gasteiger charge is -2.38. The first kappa shape index (κ1) is 12.2. The van der Waals surface area contributed by atoms with Gasteiger partial charge in [-0.2, -0.15) is 0 Å². The Kier molecular flexibility index (Phi) is 3.22. The van der Waals surface area contributed by atoms with Gasteiger partial charge in [-0.25, -0.2) is 0 Å². The molecule has 96 valence electrons. The molecule has 1 unspecified atom stereocenters. The molecule has 3 rings (SSSR count). The van der Waals surface area contributed by atoms with Gasteiger partial charge in [0.05, 0.1) is 0 Å². The normalized spacial score (nSPS) is 21.2. The molecule has 0 saturated heterocycles. The summed E-state index contributed by atoms with van der Waals surface area (Å²) in [5.41, 5.74) is 8.95. The second-order valence-electron chi connectivity index (χ2n) is 5.31. The third kappa shape index (κ3) is 2.22. The van der Waals surface area contributed by atoms with E-state index in [0.29, 0.717) is 0 Å². The zero-order valence-electron chi connectivity index (χ0n) is 11.0. The Morgan fingerprint density at radius 1 is 0.842 bits per heavy atom. The summed E-state index contributed by atoms with van der Waals surface area (Å²) in [5.74, 6) is 0. The van der Waals surface area contributed by atoms with E-state index in [9.17, 15) is 0 Å². The maximum absolute atomic E-state index is 6.20. The molecular weight excluding hydrogens is 230 g/mol. The molecule has 0 fully saturated rings. The standard InChI is InChI=1S/C18H19N/c19-17-12-7-13-18(14-17,15-8-3-1-4-9-15)16-10-5-2-6-11-16/h1-12,17H,13-14,19H2. The Balaban J connectivity index is 2.14. The van der Waals surface area contributed by atoms with Gasteiger partial charge >= 0.3 is 0 Å². The average molecular weight is 249 g/mol. The predicted molar refractivity (Wildman–Crippen MR) is 80.0 cm³/mol. The minimum atomic E-state index is 0.0245. The minimum Gasteiger partial charge on any atom is -0.324 e. The van der Waals surface area contributed by atoms with Crippen molar-refractivity contribution in [3.8, 4) is 0 Å². The molecule has 2 aromatic rings. The Hall–Kier alpha value is -1.86. The Morgan fingerprint density at radius 2 is 1.37 bits per heavy atom. The van der Waals surface area contributed by atoms with Crippen LogP contribution < -0.4 is 5.73 Å². The molecule has 1 nitrogen and oxygen atoms in total. The van der Waals surface area contributed by atoms with Crippen molar-refractivity contribution in [1.82, 2.24) is 0 Å². The van der Waals surface area contributed by atoms with Crippen LogP contribution in [0.5, 0.6) is 0 Å². The lowest BCUT2D eigenvalue weighted by atomic mass is 9.66. The first-order chi connectivity index (χ1) is 9.31. The molecule has 1 heteroatoms. The van der Waals surface area contributed by atoms with Gasteiger partial charge in [0.1, 0.15) is 0 Å². The summed E-state index contributed by atoms with van der Waals surface area (Å²) in [5, 5.41) is 0. The van der Waals surface area contributed by atoms with Crippen molar-refractivity contribution < 1.29 is 0 Å². The third-order valence-electron chi connectivity index (χ3n) is 4.09. The van der Waals surface area contributed by atoms with Crippen LogP contribution in [0.3, 0.4) is 0 Å². The number of hydrogen-bond donors (Lipinski definition) is 1. The highest BCUT2D eigenvalue weighted by Gasteiger charge is 2.36. The summed E-state index contributed by atoms with van der Waals surface area (Å²) in [7, 11) is 0. The summed E-state index contributed by atoms with van der Waals surface area (Å²) in [6, 6.07) is 21.6. The fraction of sp³-hybridized carbons (Fsp3) is 0.222. The van der Waals surface area contributed by atoms with Crippen LogP contribution in [-0.4, -0.2) is 6.04 Å². The lowest BCUT2D eigenvalue weighted by molar-refractivity contribution is 0.434. The minimum absolute atomic E-state index is 0.0245. The van der Waals surface area contributed by atoms with Crippen molar-refractivity contribution in [3.63, 3.8) is 0 Å². The molecule has 0 spiro atoms. The molecule has 1 aliphatic rings. The molecular formula is C18H19N. The van der Waals surface area contributed by atoms with Crippen LogP contribution in [0.1, 0.15) is 24.0 Å². The van der Waals surface area contributed by atoms with Gasteiger partial charge in [-0.05, 0) is 24.0 Å². The molecule has 0 aromatic heterocycles. The van der Waals surface area contributed by atoms with Crippen LogP contribution in [-0.2, 0) is 5.41 Å². The fourth-order valence-corrected chi connectivity index (χ4v) is 3.15. The zero-order valence-corrected chi connectivity index (χ0v) is 11.0. The highest BCUT2D eigenvalue weighted by molar-refractivity contribution is 5.42. The van der Waals surface area contributed by atoms with E-state index in [1.807, 2.05) is 0 Å². The lowest BCUT2D eigenvalue weighted by Crippen LogP contribution is -2.37. The monoisotopic (exact) mass is 249 g/mol. The van der Waals surface area contributed by atoms with Gasteiger partial charge in [0.2, 0.25) is 0 Å². The van der Waals surface area contributed by atoms with E-state index in [4.69, 9.17) is 5.73 Å². The second kappa shape index (κ2) is 5.02. The van der Waals surface area contributed by atoms with Gasteiger partial charge in [-0.3, -0.25) is 0 Å². The molecule has 0 bridgehead atoms. The van der Waals surface area contributed by atoms with Crippen molar-refractivity contribution in [2.75, 3.05) is 0 Å². The summed E-state index contributed by atoms with van der Waals surface area (Å²) in [6.45, 7) is 0. The van der Waals surface area contributed by atoms with E-state index in [0.717, 1.165) is 12.8 Å². The van der Waals surface area contributed by atoms with Crippen LogP contribution in [0.25, 0.3) is 0 Å². The van der Waals surface area contributed by atoms with Crippen LogP contribution in [0.15, 0.2) is 72.8 Å². The molecule has 0 amide bonds. The van der Waals surface area contributed by atoms with Gasteiger partial charge < -0.3 is 5.73 Å². The van der Waals surface area contributed by atoms with Crippen molar-refractivity contribution in [3.05, 3.63) is 83.9 Å².